The average Bonchev–Trinajstić information content (AvgIpc) is 2.29. The SMILES string of the molecule is CC.CC(C)(C)CC(=O)Nc1cc(F)ccc1C=O. The lowest BCUT2D eigenvalue weighted by Crippen LogP contribution is -2.20. The number of halogens is 1. The van der Waals surface area contributed by atoms with E-state index in [0.29, 0.717) is 12.7 Å². The molecule has 0 unspecified atom stereocenters. The smallest absolute Gasteiger partial charge is 0.224 e. The molecule has 0 spiro atoms. The van der Waals surface area contributed by atoms with E-state index < -0.39 is 5.82 Å². The van der Waals surface area contributed by atoms with Gasteiger partial charge in [-0.05, 0) is 23.6 Å². The van der Waals surface area contributed by atoms with Crippen molar-refractivity contribution < 1.29 is 14.0 Å². The van der Waals surface area contributed by atoms with E-state index >= 15 is 0 Å². The topological polar surface area (TPSA) is 46.2 Å². The molecule has 0 aliphatic rings. The zero-order chi connectivity index (χ0) is 15.1. The number of aldehydes is 1. The van der Waals surface area contributed by atoms with Crippen LogP contribution in [0, 0.1) is 11.2 Å². The lowest BCUT2D eigenvalue weighted by molar-refractivity contribution is -0.117. The van der Waals surface area contributed by atoms with Gasteiger partial charge in [-0.1, -0.05) is 34.6 Å². The van der Waals surface area contributed by atoms with Crippen molar-refractivity contribution in [3.05, 3.63) is 29.6 Å². The number of benzene rings is 1. The standard InChI is InChI=1S/C13H16FNO2.C2H6/c1-13(2,3)7-12(17)15-11-6-10(14)5-4-9(11)8-16;1-2/h4-6,8H,7H2,1-3H3,(H,15,17);1-2H3. The lowest BCUT2D eigenvalue weighted by atomic mass is 9.92. The fourth-order valence-electron chi connectivity index (χ4n) is 1.42. The van der Waals surface area contributed by atoms with Crippen LogP contribution in [-0.2, 0) is 4.79 Å². The molecule has 0 radical (unpaired) electrons. The van der Waals surface area contributed by atoms with Gasteiger partial charge in [-0.3, -0.25) is 9.59 Å². The first-order valence-electron chi connectivity index (χ1n) is 6.36. The highest BCUT2D eigenvalue weighted by molar-refractivity contribution is 5.96. The second kappa shape index (κ2) is 7.67. The number of amides is 1. The summed E-state index contributed by atoms with van der Waals surface area (Å²) in [6.45, 7) is 9.79. The quantitative estimate of drug-likeness (QED) is 0.840. The largest absolute Gasteiger partial charge is 0.325 e. The Hall–Kier alpha value is -1.71. The van der Waals surface area contributed by atoms with Crippen molar-refractivity contribution in [2.45, 2.75) is 41.0 Å². The Morgan fingerprint density at radius 2 is 1.89 bits per heavy atom. The molecule has 0 aromatic heterocycles. The highest BCUT2D eigenvalue weighted by atomic mass is 19.1. The molecule has 0 aliphatic heterocycles. The first kappa shape index (κ1) is 17.3. The molecule has 0 saturated heterocycles. The molecular formula is C15H22FNO2. The summed E-state index contributed by atoms with van der Waals surface area (Å²) in [6, 6.07) is 3.67. The number of anilines is 1. The van der Waals surface area contributed by atoms with Crippen LogP contribution in [0.4, 0.5) is 10.1 Å². The van der Waals surface area contributed by atoms with Crippen molar-refractivity contribution in [3.8, 4) is 0 Å². The summed E-state index contributed by atoms with van der Waals surface area (Å²) in [7, 11) is 0. The fourth-order valence-corrected chi connectivity index (χ4v) is 1.42. The molecule has 0 bridgehead atoms. The van der Waals surface area contributed by atoms with E-state index in [-0.39, 0.29) is 22.6 Å². The predicted molar refractivity (Wildman–Crippen MR) is 75.8 cm³/mol. The Morgan fingerprint density at radius 1 is 1.32 bits per heavy atom. The molecule has 106 valence electrons. The molecule has 1 N–H and O–H groups in total. The van der Waals surface area contributed by atoms with Gasteiger partial charge in [0.1, 0.15) is 5.82 Å². The second-order valence-electron chi connectivity index (χ2n) is 5.14. The Balaban J connectivity index is 0.00000154. The Morgan fingerprint density at radius 3 is 2.37 bits per heavy atom. The van der Waals surface area contributed by atoms with E-state index in [1.165, 1.54) is 12.1 Å². The van der Waals surface area contributed by atoms with E-state index in [9.17, 15) is 14.0 Å². The summed E-state index contributed by atoms with van der Waals surface area (Å²) < 4.78 is 13.0. The maximum Gasteiger partial charge on any atom is 0.224 e. The molecule has 4 heteroatoms. The maximum atomic E-state index is 13.0. The van der Waals surface area contributed by atoms with Crippen molar-refractivity contribution in [1.82, 2.24) is 0 Å². The van der Waals surface area contributed by atoms with Gasteiger partial charge in [-0.25, -0.2) is 4.39 Å². The van der Waals surface area contributed by atoms with Gasteiger partial charge in [0, 0.05) is 12.0 Å². The summed E-state index contributed by atoms with van der Waals surface area (Å²) in [5, 5.41) is 2.55. The third-order valence-electron chi connectivity index (χ3n) is 2.11. The van der Waals surface area contributed by atoms with Crippen molar-refractivity contribution >= 4 is 17.9 Å². The van der Waals surface area contributed by atoms with E-state index in [1.807, 2.05) is 34.6 Å². The van der Waals surface area contributed by atoms with Gasteiger partial charge < -0.3 is 5.32 Å². The van der Waals surface area contributed by atoms with Crippen LogP contribution >= 0.6 is 0 Å². The summed E-state index contributed by atoms with van der Waals surface area (Å²) in [4.78, 5) is 22.4. The van der Waals surface area contributed by atoms with Crippen molar-refractivity contribution in [2.75, 3.05) is 5.32 Å². The third kappa shape index (κ3) is 6.70. The van der Waals surface area contributed by atoms with Crippen molar-refractivity contribution in [3.63, 3.8) is 0 Å². The summed E-state index contributed by atoms with van der Waals surface area (Å²) in [5.41, 5.74) is 0.335. The Labute approximate surface area is 114 Å². The minimum absolute atomic E-state index is 0.154. The Kier molecular flexibility index (Phi) is 6.98. The first-order chi connectivity index (χ1) is 8.81. The minimum Gasteiger partial charge on any atom is -0.325 e. The third-order valence-corrected chi connectivity index (χ3v) is 2.11. The molecule has 19 heavy (non-hydrogen) atoms. The maximum absolute atomic E-state index is 13.0. The second-order valence-corrected chi connectivity index (χ2v) is 5.14. The van der Waals surface area contributed by atoms with Gasteiger partial charge in [-0.2, -0.15) is 0 Å². The zero-order valence-corrected chi connectivity index (χ0v) is 12.2. The molecule has 0 aliphatic carbocycles. The van der Waals surface area contributed by atoms with Crippen LogP contribution in [0.2, 0.25) is 0 Å². The highest BCUT2D eigenvalue weighted by Gasteiger charge is 2.17. The normalized spacial score (nSPS) is 10.2. The molecule has 0 fully saturated rings. The van der Waals surface area contributed by atoms with E-state index in [1.54, 1.807) is 0 Å². The van der Waals surface area contributed by atoms with Gasteiger partial charge in [0.05, 0.1) is 5.69 Å². The highest BCUT2D eigenvalue weighted by Crippen LogP contribution is 2.21. The number of nitrogens with one attached hydrogen (secondary N) is 1. The number of rotatable bonds is 3. The summed E-state index contributed by atoms with van der Waals surface area (Å²) in [5.74, 6) is -0.715. The van der Waals surface area contributed by atoms with E-state index in [2.05, 4.69) is 5.32 Å². The van der Waals surface area contributed by atoms with Crippen LogP contribution in [0.25, 0.3) is 0 Å². The van der Waals surface area contributed by atoms with Crippen LogP contribution in [0.3, 0.4) is 0 Å². The summed E-state index contributed by atoms with van der Waals surface area (Å²) in [6.07, 6.45) is 0.897. The lowest BCUT2D eigenvalue weighted by Gasteiger charge is -2.17. The molecular weight excluding hydrogens is 245 g/mol. The molecule has 1 aromatic rings. The monoisotopic (exact) mass is 267 g/mol. The minimum atomic E-state index is -0.485. The molecule has 0 atom stereocenters. The fraction of sp³-hybridized carbons (Fsp3) is 0.467. The zero-order valence-electron chi connectivity index (χ0n) is 12.2. The molecule has 1 aromatic carbocycles. The number of hydrogen-bond acceptors (Lipinski definition) is 2. The van der Waals surface area contributed by atoms with Crippen LogP contribution in [0.5, 0.6) is 0 Å². The van der Waals surface area contributed by atoms with E-state index in [0.717, 1.165) is 6.07 Å². The van der Waals surface area contributed by atoms with Gasteiger partial charge in [0.15, 0.2) is 6.29 Å². The van der Waals surface area contributed by atoms with Gasteiger partial charge >= 0.3 is 0 Å². The summed E-state index contributed by atoms with van der Waals surface area (Å²) >= 11 is 0. The molecule has 0 heterocycles. The van der Waals surface area contributed by atoms with Crippen molar-refractivity contribution in [2.24, 2.45) is 5.41 Å². The van der Waals surface area contributed by atoms with Crippen LogP contribution < -0.4 is 5.32 Å². The number of carbonyl (C=O) groups excluding carboxylic acids is 2. The van der Waals surface area contributed by atoms with Gasteiger partial charge in [-0.15, -0.1) is 0 Å². The van der Waals surface area contributed by atoms with Crippen LogP contribution in [-0.4, -0.2) is 12.2 Å². The van der Waals surface area contributed by atoms with Crippen LogP contribution in [0.1, 0.15) is 51.4 Å². The van der Waals surface area contributed by atoms with Gasteiger partial charge in [0.25, 0.3) is 0 Å². The predicted octanol–water partition coefficient (Wildman–Crippen LogP) is 4.04. The van der Waals surface area contributed by atoms with Crippen LogP contribution in [0.15, 0.2) is 18.2 Å². The first-order valence-corrected chi connectivity index (χ1v) is 6.36. The molecule has 0 saturated carbocycles. The average molecular weight is 267 g/mol. The Bertz CT molecular complexity index is 436. The number of hydrogen-bond donors (Lipinski definition) is 1. The van der Waals surface area contributed by atoms with Gasteiger partial charge in [0.2, 0.25) is 5.91 Å². The number of carbonyl (C=O) groups is 2. The molecule has 1 rings (SSSR count). The van der Waals surface area contributed by atoms with Crippen molar-refractivity contribution in [1.29, 1.82) is 0 Å². The molecule has 1 amide bonds. The van der Waals surface area contributed by atoms with E-state index in [4.69, 9.17) is 0 Å². The molecule has 3 nitrogen and oxygen atoms in total.